The van der Waals surface area contributed by atoms with Gasteiger partial charge in [0.2, 0.25) is 11.9 Å². The van der Waals surface area contributed by atoms with E-state index in [0.29, 0.717) is 82.4 Å². The number of para-hydroxylation sites is 2. The van der Waals surface area contributed by atoms with E-state index in [-0.39, 0.29) is 11.8 Å². The fraction of sp³-hybridized carbons (Fsp3) is 0.393. The van der Waals surface area contributed by atoms with Crippen LogP contribution in [0.25, 0.3) is 0 Å². The number of hydrogen-bond donors (Lipinski definition) is 6. The van der Waals surface area contributed by atoms with Crippen LogP contribution in [-0.2, 0) is 44.6 Å². The van der Waals surface area contributed by atoms with Crippen LogP contribution in [0.2, 0.25) is 10.0 Å². The number of carbonyl (C=O) groups excluding carboxylic acids is 2. The van der Waals surface area contributed by atoms with Crippen LogP contribution in [0.5, 0.6) is 0 Å². The maximum absolute atomic E-state index is 12.7. The number of hydrogen-bond acceptors (Lipinski definition) is 16. The van der Waals surface area contributed by atoms with Gasteiger partial charge >= 0.3 is 0 Å². The molecule has 4 heterocycles. The summed E-state index contributed by atoms with van der Waals surface area (Å²) in [6, 6.07) is 27.3. The van der Waals surface area contributed by atoms with Crippen molar-refractivity contribution in [1.82, 2.24) is 40.4 Å². The molecular weight excluding hydrogens is 1010 g/mol. The van der Waals surface area contributed by atoms with Gasteiger partial charge in [-0.1, -0.05) is 59.6 Å². The summed E-state index contributed by atoms with van der Waals surface area (Å²) in [5, 5.41) is 19.6. The summed E-state index contributed by atoms with van der Waals surface area (Å²) >= 11 is 12.8. The molecule has 404 valence electrons. The molecule has 2 aliphatic heterocycles. The molecule has 0 aliphatic carbocycles. The van der Waals surface area contributed by atoms with Crippen molar-refractivity contribution in [2.45, 2.75) is 38.5 Å². The topological polar surface area (TPSA) is 201 Å². The van der Waals surface area contributed by atoms with Gasteiger partial charge in [0, 0.05) is 105 Å². The third kappa shape index (κ3) is 17.3. The van der Waals surface area contributed by atoms with Crippen molar-refractivity contribution in [3.8, 4) is 0 Å². The first kappa shape index (κ1) is 57.2. The van der Waals surface area contributed by atoms with Gasteiger partial charge in [-0.2, -0.15) is 9.97 Å². The highest BCUT2D eigenvalue weighted by atomic mass is 35.5. The van der Waals surface area contributed by atoms with Crippen LogP contribution in [0.4, 0.5) is 46.3 Å². The zero-order chi connectivity index (χ0) is 53.5. The Labute approximate surface area is 456 Å². The van der Waals surface area contributed by atoms with Crippen LogP contribution in [0.1, 0.15) is 55.8 Å². The van der Waals surface area contributed by atoms with Gasteiger partial charge in [0.1, 0.15) is 10.0 Å². The van der Waals surface area contributed by atoms with E-state index in [9.17, 15) is 9.59 Å². The maximum atomic E-state index is 12.7. The smallest absolute Gasteiger partial charge is 0.253 e. The van der Waals surface area contributed by atoms with E-state index in [1.54, 1.807) is 53.0 Å². The summed E-state index contributed by atoms with van der Waals surface area (Å²) in [6.45, 7) is 9.68. The summed E-state index contributed by atoms with van der Waals surface area (Å²) in [4.78, 5) is 48.3. The summed E-state index contributed by atoms with van der Waals surface area (Å²) in [5.41, 5.74) is 9.42. The number of halogens is 2. The van der Waals surface area contributed by atoms with Gasteiger partial charge in [-0.15, -0.1) is 0 Å². The molecule has 0 saturated heterocycles. The van der Waals surface area contributed by atoms with Crippen LogP contribution in [-0.4, -0.2) is 149 Å². The van der Waals surface area contributed by atoms with E-state index >= 15 is 0 Å². The maximum Gasteiger partial charge on any atom is 0.253 e. The van der Waals surface area contributed by atoms with Gasteiger partial charge in [0.25, 0.3) is 11.8 Å². The predicted octanol–water partition coefficient (Wildman–Crippen LogP) is 8.86. The highest BCUT2D eigenvalue weighted by Crippen LogP contribution is 2.30. The standard InChI is InChI=1S/2C28H35ClN6O3/c2*1-37-16-5-12-30-27(36)23-6-3-4-7-25(23)33-26-24(29)19-31-28(34-26)32-22-9-8-20-10-13-35(15-17-38-2)14-11-21(20)18-22/h2*3-4,6-9,18-19H,5,10-17H2,1-2H3,(H,30,36)(H2,31,32,33,34). The minimum Gasteiger partial charge on any atom is -0.385 e. The molecule has 0 spiro atoms. The normalized spacial score (nSPS) is 13.4. The molecule has 6 N–H and O–H groups in total. The lowest BCUT2D eigenvalue weighted by atomic mass is 10.0. The zero-order valence-electron chi connectivity index (χ0n) is 43.9. The number of methoxy groups -OCH3 is 4. The number of rotatable bonds is 24. The Morgan fingerprint density at radius 1 is 0.513 bits per heavy atom. The van der Waals surface area contributed by atoms with Crippen molar-refractivity contribution in [3.63, 3.8) is 0 Å². The Bertz CT molecular complexity index is 2640. The van der Waals surface area contributed by atoms with Gasteiger partial charge in [0.05, 0.1) is 48.1 Å². The molecule has 0 atom stereocenters. The average molecular weight is 1080 g/mol. The highest BCUT2D eigenvalue weighted by molar-refractivity contribution is 6.33. The van der Waals surface area contributed by atoms with Crippen molar-refractivity contribution in [1.29, 1.82) is 0 Å². The van der Waals surface area contributed by atoms with Gasteiger partial charge in [0.15, 0.2) is 11.6 Å². The molecule has 8 rings (SSSR count). The average Bonchev–Trinajstić information content (AvgIpc) is 3.78. The Hall–Kier alpha value is -6.48. The molecule has 0 bridgehead atoms. The first-order valence-electron chi connectivity index (χ1n) is 25.7. The SMILES string of the molecule is COCCCNC(=O)c1ccccc1Nc1nc(Nc2ccc3c(c2)CCN(CCOC)CC3)ncc1Cl.COCCCNC(=O)c1ccccc1Nc1nc(Nc2ccc3c(c2)CCN(CCOC)CC3)ncc1Cl. The second kappa shape index (κ2) is 30.3. The molecule has 0 saturated carbocycles. The fourth-order valence-corrected chi connectivity index (χ4v) is 9.01. The molecule has 20 heteroatoms. The molecule has 4 aromatic carbocycles. The monoisotopic (exact) mass is 1080 g/mol. The molecule has 2 aliphatic rings. The van der Waals surface area contributed by atoms with Gasteiger partial charge < -0.3 is 60.6 Å². The molecule has 76 heavy (non-hydrogen) atoms. The van der Waals surface area contributed by atoms with Crippen LogP contribution in [0.15, 0.2) is 97.3 Å². The van der Waals surface area contributed by atoms with Crippen molar-refractivity contribution in [3.05, 3.63) is 141 Å². The van der Waals surface area contributed by atoms with Crippen LogP contribution in [0.3, 0.4) is 0 Å². The van der Waals surface area contributed by atoms with Crippen molar-refractivity contribution in [2.75, 3.05) is 128 Å². The van der Waals surface area contributed by atoms with Gasteiger partial charge in [-0.05, 0) is 109 Å². The number of nitrogens with one attached hydrogen (secondary N) is 6. The number of amides is 2. The van der Waals surface area contributed by atoms with Crippen molar-refractivity contribution in [2.24, 2.45) is 0 Å². The molecule has 0 radical (unpaired) electrons. The Morgan fingerprint density at radius 3 is 1.32 bits per heavy atom. The summed E-state index contributed by atoms with van der Waals surface area (Å²) in [6.07, 6.45) is 8.56. The quantitative estimate of drug-likeness (QED) is 0.0314. The minimum absolute atomic E-state index is 0.182. The second-order valence-corrected chi connectivity index (χ2v) is 19.0. The number of fused-ring (bicyclic) bond motifs is 2. The van der Waals surface area contributed by atoms with Crippen LogP contribution in [0, 0.1) is 0 Å². The lowest BCUT2D eigenvalue weighted by Gasteiger charge is -2.18. The van der Waals surface area contributed by atoms with E-state index in [1.165, 1.54) is 22.3 Å². The molecule has 18 nitrogen and oxygen atoms in total. The first-order valence-corrected chi connectivity index (χ1v) is 26.4. The number of benzene rings is 4. The fourth-order valence-electron chi connectivity index (χ4n) is 8.74. The summed E-state index contributed by atoms with van der Waals surface area (Å²) in [5.74, 6) is 1.28. The summed E-state index contributed by atoms with van der Waals surface area (Å²) in [7, 11) is 6.76. The van der Waals surface area contributed by atoms with Gasteiger partial charge in [-0.3, -0.25) is 9.59 Å². The van der Waals surface area contributed by atoms with E-state index < -0.39 is 0 Å². The summed E-state index contributed by atoms with van der Waals surface area (Å²) < 4.78 is 20.6. The Morgan fingerprint density at radius 2 is 0.908 bits per heavy atom. The van der Waals surface area contributed by atoms with E-state index in [2.05, 4.69) is 98.0 Å². The molecular formula is C56H70Cl2N12O6. The van der Waals surface area contributed by atoms with E-state index in [4.69, 9.17) is 42.1 Å². The number of nitrogens with zero attached hydrogens (tertiary/aromatic N) is 6. The minimum atomic E-state index is -0.182. The lowest BCUT2D eigenvalue weighted by molar-refractivity contribution is 0.0941. The number of aromatic nitrogens is 4. The van der Waals surface area contributed by atoms with E-state index in [0.717, 1.165) is 102 Å². The highest BCUT2D eigenvalue weighted by Gasteiger charge is 2.19. The molecule has 2 aromatic heterocycles. The molecule has 6 aromatic rings. The number of ether oxygens (including phenoxy) is 4. The molecule has 0 unspecified atom stereocenters. The Kier molecular flexibility index (Phi) is 22.8. The Balaban J connectivity index is 0.000000221. The molecule has 2 amide bonds. The van der Waals surface area contributed by atoms with E-state index in [1.807, 2.05) is 36.4 Å². The second-order valence-electron chi connectivity index (χ2n) is 18.2. The molecule has 0 fully saturated rings. The van der Waals surface area contributed by atoms with Crippen LogP contribution >= 0.6 is 23.2 Å². The zero-order valence-corrected chi connectivity index (χ0v) is 45.4. The first-order chi connectivity index (χ1) is 37.1. The van der Waals surface area contributed by atoms with Crippen LogP contribution < -0.4 is 31.9 Å². The third-order valence-corrected chi connectivity index (χ3v) is 13.5. The van der Waals surface area contributed by atoms with Crippen molar-refractivity contribution < 1.29 is 28.5 Å². The lowest BCUT2D eigenvalue weighted by Crippen LogP contribution is -2.29. The largest absolute Gasteiger partial charge is 0.385 e. The number of anilines is 8. The number of carbonyl (C=O) groups is 2. The van der Waals surface area contributed by atoms with Crippen molar-refractivity contribution >= 4 is 81.3 Å². The third-order valence-electron chi connectivity index (χ3n) is 12.9. The predicted molar refractivity (Wildman–Crippen MR) is 302 cm³/mol. The van der Waals surface area contributed by atoms with Gasteiger partial charge in [-0.25, -0.2) is 9.97 Å².